The lowest BCUT2D eigenvalue weighted by Gasteiger charge is -2.33. The molecule has 0 aromatic heterocycles. The molecule has 0 unspecified atom stereocenters. The highest BCUT2D eigenvalue weighted by atomic mass is 19.3. The topological polar surface area (TPSA) is 32.3 Å². The van der Waals surface area contributed by atoms with Crippen LogP contribution in [0.2, 0.25) is 0 Å². The zero-order chi connectivity index (χ0) is 9.14. The highest BCUT2D eigenvalue weighted by Gasteiger charge is 2.28. The van der Waals surface area contributed by atoms with E-state index in [1.54, 1.807) is 6.92 Å². The second kappa shape index (κ2) is 3.80. The molecule has 0 radical (unpaired) electrons. The normalized spacial score (nSPS) is 24.7. The Kier molecular flexibility index (Phi) is 2.97. The van der Waals surface area contributed by atoms with Gasteiger partial charge in [-0.15, -0.1) is 0 Å². The summed E-state index contributed by atoms with van der Waals surface area (Å²) in [4.78, 5) is 12.1. The first-order valence-corrected chi connectivity index (χ1v) is 3.92. The van der Waals surface area contributed by atoms with E-state index in [4.69, 9.17) is 0 Å². The van der Waals surface area contributed by atoms with Crippen molar-refractivity contribution >= 4 is 5.91 Å². The summed E-state index contributed by atoms with van der Waals surface area (Å²) in [6.45, 7) is 3.33. The Morgan fingerprint density at radius 3 is 2.83 bits per heavy atom. The molecule has 5 heteroatoms. The molecule has 1 rings (SSSR count). The van der Waals surface area contributed by atoms with Crippen LogP contribution in [0.15, 0.2) is 0 Å². The first-order valence-electron chi connectivity index (χ1n) is 3.92. The van der Waals surface area contributed by atoms with Gasteiger partial charge < -0.3 is 10.2 Å². The molecule has 1 saturated heterocycles. The monoisotopic (exact) mass is 178 g/mol. The van der Waals surface area contributed by atoms with Gasteiger partial charge in [0.1, 0.15) is 0 Å². The van der Waals surface area contributed by atoms with Gasteiger partial charge in [-0.3, -0.25) is 4.79 Å². The fraction of sp³-hybridized carbons (Fsp3) is 0.857. The van der Waals surface area contributed by atoms with Crippen molar-refractivity contribution in [1.29, 1.82) is 0 Å². The SMILES string of the molecule is C[C@H]1CNCCN1C(=O)C(F)F. The van der Waals surface area contributed by atoms with Crippen molar-refractivity contribution in [3.63, 3.8) is 0 Å². The first-order chi connectivity index (χ1) is 5.63. The molecule has 0 bridgehead atoms. The summed E-state index contributed by atoms with van der Waals surface area (Å²) in [6, 6.07) is -0.125. The molecule has 1 N–H and O–H groups in total. The number of piperazine rings is 1. The lowest BCUT2D eigenvalue weighted by Crippen LogP contribution is -2.53. The molecule has 1 fully saturated rings. The van der Waals surface area contributed by atoms with Gasteiger partial charge in [0.15, 0.2) is 0 Å². The van der Waals surface area contributed by atoms with Gasteiger partial charge in [0.05, 0.1) is 0 Å². The molecule has 0 aliphatic carbocycles. The van der Waals surface area contributed by atoms with Gasteiger partial charge in [-0.25, -0.2) is 0 Å². The van der Waals surface area contributed by atoms with E-state index >= 15 is 0 Å². The third-order valence-electron chi connectivity index (χ3n) is 1.97. The Hall–Kier alpha value is -0.710. The number of halogens is 2. The minimum absolute atomic E-state index is 0.125. The van der Waals surface area contributed by atoms with E-state index in [-0.39, 0.29) is 6.04 Å². The number of nitrogens with one attached hydrogen (secondary N) is 1. The zero-order valence-corrected chi connectivity index (χ0v) is 6.89. The Morgan fingerprint density at radius 1 is 1.67 bits per heavy atom. The van der Waals surface area contributed by atoms with E-state index in [1.165, 1.54) is 4.90 Å². The van der Waals surface area contributed by atoms with Gasteiger partial charge in [0.25, 0.3) is 5.91 Å². The quantitative estimate of drug-likeness (QED) is 0.616. The maximum atomic E-state index is 12.0. The first kappa shape index (κ1) is 9.38. The highest BCUT2D eigenvalue weighted by molar-refractivity contribution is 5.79. The van der Waals surface area contributed by atoms with Gasteiger partial charge in [-0.2, -0.15) is 8.78 Å². The summed E-state index contributed by atoms with van der Waals surface area (Å²) in [5.41, 5.74) is 0. The number of carbonyl (C=O) groups is 1. The fourth-order valence-electron chi connectivity index (χ4n) is 1.29. The summed E-state index contributed by atoms with van der Waals surface area (Å²) >= 11 is 0. The maximum Gasteiger partial charge on any atom is 0.315 e. The van der Waals surface area contributed by atoms with Crippen molar-refractivity contribution in [2.75, 3.05) is 19.6 Å². The van der Waals surface area contributed by atoms with Crippen molar-refractivity contribution in [3.05, 3.63) is 0 Å². The number of alkyl halides is 2. The number of carbonyl (C=O) groups excluding carboxylic acids is 1. The molecule has 0 spiro atoms. The number of amides is 1. The van der Waals surface area contributed by atoms with E-state index in [1.807, 2.05) is 0 Å². The van der Waals surface area contributed by atoms with Crippen LogP contribution >= 0.6 is 0 Å². The van der Waals surface area contributed by atoms with Crippen molar-refractivity contribution < 1.29 is 13.6 Å². The molecule has 1 atom stereocenters. The summed E-state index contributed by atoms with van der Waals surface area (Å²) in [7, 11) is 0. The highest BCUT2D eigenvalue weighted by Crippen LogP contribution is 2.07. The lowest BCUT2D eigenvalue weighted by atomic mass is 10.2. The third kappa shape index (κ3) is 1.91. The second-order valence-corrected chi connectivity index (χ2v) is 2.89. The third-order valence-corrected chi connectivity index (χ3v) is 1.97. The van der Waals surface area contributed by atoms with Gasteiger partial charge in [-0.1, -0.05) is 0 Å². The molecule has 12 heavy (non-hydrogen) atoms. The maximum absolute atomic E-state index is 12.0. The Morgan fingerprint density at radius 2 is 2.33 bits per heavy atom. The van der Waals surface area contributed by atoms with Crippen LogP contribution in [0, 0.1) is 0 Å². The average molecular weight is 178 g/mol. The Balaban J connectivity index is 2.53. The minimum Gasteiger partial charge on any atom is -0.332 e. The Bertz CT molecular complexity index is 175. The van der Waals surface area contributed by atoms with Gasteiger partial charge in [-0.05, 0) is 6.92 Å². The largest absolute Gasteiger partial charge is 0.332 e. The zero-order valence-electron chi connectivity index (χ0n) is 6.89. The van der Waals surface area contributed by atoms with Crippen LogP contribution in [0.1, 0.15) is 6.92 Å². The van der Waals surface area contributed by atoms with Gasteiger partial charge >= 0.3 is 6.43 Å². The van der Waals surface area contributed by atoms with E-state index in [2.05, 4.69) is 5.32 Å². The number of nitrogens with zero attached hydrogens (tertiary/aromatic N) is 1. The molecule has 1 aliphatic heterocycles. The van der Waals surface area contributed by atoms with Gasteiger partial charge in [0.2, 0.25) is 0 Å². The van der Waals surface area contributed by atoms with Gasteiger partial charge in [0, 0.05) is 25.7 Å². The summed E-state index contributed by atoms with van der Waals surface area (Å²) in [6.07, 6.45) is -2.87. The lowest BCUT2D eigenvalue weighted by molar-refractivity contribution is -0.145. The van der Waals surface area contributed by atoms with Crippen LogP contribution in [0.25, 0.3) is 0 Å². The van der Waals surface area contributed by atoms with Crippen LogP contribution in [0.5, 0.6) is 0 Å². The Labute approximate surface area is 69.7 Å². The van der Waals surface area contributed by atoms with Crippen molar-refractivity contribution in [3.8, 4) is 0 Å². The molecular formula is C7H12F2N2O. The standard InChI is InChI=1S/C7H12F2N2O/c1-5-4-10-2-3-11(5)7(12)6(8)9/h5-6,10H,2-4H2,1H3/t5-/m0/s1. The molecule has 0 aromatic carbocycles. The van der Waals surface area contributed by atoms with E-state index in [9.17, 15) is 13.6 Å². The van der Waals surface area contributed by atoms with Crippen molar-refractivity contribution in [2.45, 2.75) is 19.4 Å². The number of rotatable bonds is 1. The summed E-state index contributed by atoms with van der Waals surface area (Å²) in [5, 5.41) is 3.02. The van der Waals surface area contributed by atoms with E-state index in [0.29, 0.717) is 19.6 Å². The van der Waals surface area contributed by atoms with E-state index in [0.717, 1.165) is 0 Å². The predicted molar refractivity (Wildman–Crippen MR) is 40.0 cm³/mol. The van der Waals surface area contributed by atoms with Crippen LogP contribution < -0.4 is 5.32 Å². The van der Waals surface area contributed by atoms with Crippen LogP contribution in [0.4, 0.5) is 8.78 Å². The molecule has 1 amide bonds. The summed E-state index contributed by atoms with van der Waals surface area (Å²) in [5.74, 6) is -1.05. The summed E-state index contributed by atoms with van der Waals surface area (Å²) < 4.78 is 23.9. The molecule has 3 nitrogen and oxygen atoms in total. The molecule has 0 aromatic rings. The average Bonchev–Trinajstić information content (AvgIpc) is 2.04. The van der Waals surface area contributed by atoms with Crippen molar-refractivity contribution in [1.82, 2.24) is 10.2 Å². The van der Waals surface area contributed by atoms with Crippen LogP contribution in [-0.4, -0.2) is 42.9 Å². The molecule has 0 saturated carbocycles. The second-order valence-electron chi connectivity index (χ2n) is 2.89. The van der Waals surface area contributed by atoms with E-state index < -0.39 is 12.3 Å². The smallest absolute Gasteiger partial charge is 0.315 e. The van der Waals surface area contributed by atoms with Crippen LogP contribution in [-0.2, 0) is 4.79 Å². The minimum atomic E-state index is -2.87. The number of hydrogen-bond acceptors (Lipinski definition) is 2. The molecular weight excluding hydrogens is 166 g/mol. The number of hydrogen-bond donors (Lipinski definition) is 1. The van der Waals surface area contributed by atoms with Crippen LogP contribution in [0.3, 0.4) is 0 Å². The molecule has 1 aliphatic rings. The molecule has 1 heterocycles. The van der Waals surface area contributed by atoms with Crippen molar-refractivity contribution in [2.24, 2.45) is 0 Å². The fourth-order valence-corrected chi connectivity index (χ4v) is 1.29. The predicted octanol–water partition coefficient (Wildman–Crippen LogP) is 0.0718. The molecule has 70 valence electrons.